The quantitative estimate of drug-likeness (QED) is 0.840. The Bertz CT molecular complexity index is 311. The topological polar surface area (TPSA) is 21.3 Å². The molecule has 94 valence electrons. The summed E-state index contributed by atoms with van der Waals surface area (Å²) in [5.41, 5.74) is 1.37. The molecule has 0 spiro atoms. The van der Waals surface area contributed by atoms with E-state index in [0.717, 1.165) is 18.1 Å². The van der Waals surface area contributed by atoms with Crippen LogP contribution < -0.4 is 5.32 Å². The van der Waals surface area contributed by atoms with Gasteiger partial charge in [0.25, 0.3) is 0 Å². The summed E-state index contributed by atoms with van der Waals surface area (Å²) in [5, 5.41) is 3.38. The van der Waals surface area contributed by atoms with Crippen LogP contribution in [0.1, 0.15) is 24.4 Å². The molecule has 0 radical (unpaired) electrons. The minimum atomic E-state index is 0.447. The molecule has 1 heterocycles. The molecule has 2 atom stereocenters. The molecule has 0 aromatic heterocycles. The molecule has 2 unspecified atom stereocenters. The third-order valence-corrected chi connectivity index (χ3v) is 4.34. The van der Waals surface area contributed by atoms with E-state index in [4.69, 9.17) is 4.74 Å². The third-order valence-electron chi connectivity index (χ3n) is 3.16. The summed E-state index contributed by atoms with van der Waals surface area (Å²) in [6.07, 6.45) is 2.97. The number of benzene rings is 1. The van der Waals surface area contributed by atoms with Crippen LogP contribution >= 0.6 is 11.8 Å². The van der Waals surface area contributed by atoms with Crippen molar-refractivity contribution in [1.29, 1.82) is 0 Å². The molecule has 0 aliphatic carbocycles. The summed E-state index contributed by atoms with van der Waals surface area (Å²) in [6, 6.07) is 11.1. The fourth-order valence-electron chi connectivity index (χ4n) is 2.12. The highest BCUT2D eigenvalue weighted by molar-refractivity contribution is 7.99. The lowest BCUT2D eigenvalue weighted by molar-refractivity contribution is 0.129. The van der Waals surface area contributed by atoms with Gasteiger partial charge in [-0.25, -0.2) is 0 Å². The average molecular weight is 251 g/mol. The van der Waals surface area contributed by atoms with Crippen molar-refractivity contribution in [2.45, 2.75) is 25.0 Å². The molecular weight excluding hydrogens is 230 g/mol. The molecule has 3 heteroatoms. The Kier molecular flexibility index (Phi) is 5.36. The van der Waals surface area contributed by atoms with Gasteiger partial charge in [-0.15, -0.1) is 0 Å². The maximum atomic E-state index is 5.63. The Morgan fingerprint density at radius 3 is 2.88 bits per heavy atom. The maximum absolute atomic E-state index is 5.63. The van der Waals surface area contributed by atoms with Gasteiger partial charge in [0.1, 0.15) is 0 Å². The van der Waals surface area contributed by atoms with Crippen molar-refractivity contribution in [2.75, 3.05) is 25.2 Å². The summed E-state index contributed by atoms with van der Waals surface area (Å²) >= 11 is 1.99. The minimum Gasteiger partial charge on any atom is -0.377 e. The number of nitrogens with one attached hydrogen (secondary N) is 1. The maximum Gasteiger partial charge on any atom is 0.0666 e. The van der Waals surface area contributed by atoms with Crippen LogP contribution in [0.3, 0.4) is 0 Å². The second-order valence-electron chi connectivity index (χ2n) is 4.42. The van der Waals surface area contributed by atoms with Gasteiger partial charge in [-0.05, 0) is 25.5 Å². The molecule has 1 aliphatic rings. The predicted octanol–water partition coefficient (Wildman–Crippen LogP) is 2.86. The van der Waals surface area contributed by atoms with Crippen LogP contribution in [-0.2, 0) is 4.74 Å². The van der Waals surface area contributed by atoms with Gasteiger partial charge in [0.05, 0.1) is 6.10 Å². The average Bonchev–Trinajstić information content (AvgIpc) is 2.89. The van der Waals surface area contributed by atoms with Gasteiger partial charge in [0.15, 0.2) is 0 Å². The minimum absolute atomic E-state index is 0.447. The second-order valence-corrected chi connectivity index (χ2v) is 5.50. The van der Waals surface area contributed by atoms with Crippen molar-refractivity contribution in [2.24, 2.45) is 0 Å². The summed E-state index contributed by atoms with van der Waals surface area (Å²) in [6.45, 7) is 0.958. The van der Waals surface area contributed by atoms with Crippen LogP contribution in [0, 0.1) is 0 Å². The second kappa shape index (κ2) is 7.04. The zero-order valence-corrected chi connectivity index (χ0v) is 11.2. The van der Waals surface area contributed by atoms with E-state index in [1.807, 2.05) is 18.8 Å². The third kappa shape index (κ3) is 4.02. The monoisotopic (exact) mass is 251 g/mol. The van der Waals surface area contributed by atoms with E-state index in [0.29, 0.717) is 12.1 Å². The molecule has 1 aliphatic heterocycles. The summed E-state index contributed by atoms with van der Waals surface area (Å²) < 4.78 is 5.63. The van der Waals surface area contributed by atoms with Crippen LogP contribution in [-0.4, -0.2) is 31.3 Å². The van der Waals surface area contributed by atoms with Crippen molar-refractivity contribution in [3.63, 3.8) is 0 Å². The lowest BCUT2D eigenvalue weighted by atomic mass is 10.1. The predicted molar refractivity (Wildman–Crippen MR) is 74.5 cm³/mol. The highest BCUT2D eigenvalue weighted by Gasteiger charge is 2.16. The van der Waals surface area contributed by atoms with Crippen molar-refractivity contribution < 1.29 is 4.74 Å². The van der Waals surface area contributed by atoms with E-state index in [1.54, 1.807) is 0 Å². The van der Waals surface area contributed by atoms with Gasteiger partial charge < -0.3 is 10.1 Å². The Labute approximate surface area is 108 Å². The SMILES string of the molecule is CNC(CSCC1CCCO1)c1ccccc1. The number of hydrogen-bond acceptors (Lipinski definition) is 3. The molecule has 0 saturated carbocycles. The molecule has 0 amide bonds. The Morgan fingerprint density at radius 2 is 2.24 bits per heavy atom. The fourth-order valence-corrected chi connectivity index (χ4v) is 3.38. The van der Waals surface area contributed by atoms with Crippen LogP contribution in [0.2, 0.25) is 0 Å². The van der Waals surface area contributed by atoms with Gasteiger partial charge in [-0.1, -0.05) is 30.3 Å². The van der Waals surface area contributed by atoms with Gasteiger partial charge in [0, 0.05) is 24.2 Å². The van der Waals surface area contributed by atoms with E-state index >= 15 is 0 Å². The van der Waals surface area contributed by atoms with Crippen LogP contribution in [0.4, 0.5) is 0 Å². The molecule has 2 rings (SSSR count). The smallest absolute Gasteiger partial charge is 0.0666 e. The normalized spacial score (nSPS) is 21.6. The lowest BCUT2D eigenvalue weighted by Gasteiger charge is -2.17. The number of hydrogen-bond donors (Lipinski definition) is 1. The zero-order chi connectivity index (χ0) is 11.9. The van der Waals surface area contributed by atoms with E-state index < -0.39 is 0 Å². The molecular formula is C14H21NOS. The Hall–Kier alpha value is -0.510. The van der Waals surface area contributed by atoms with E-state index in [9.17, 15) is 0 Å². The van der Waals surface area contributed by atoms with Crippen molar-refractivity contribution >= 4 is 11.8 Å². The lowest BCUT2D eigenvalue weighted by Crippen LogP contribution is -2.20. The molecule has 1 N–H and O–H groups in total. The van der Waals surface area contributed by atoms with Gasteiger partial charge in [-0.3, -0.25) is 0 Å². The number of ether oxygens (including phenoxy) is 1. The van der Waals surface area contributed by atoms with E-state index in [-0.39, 0.29) is 0 Å². The van der Waals surface area contributed by atoms with Crippen molar-refractivity contribution in [3.8, 4) is 0 Å². The van der Waals surface area contributed by atoms with Gasteiger partial charge in [-0.2, -0.15) is 11.8 Å². The highest BCUT2D eigenvalue weighted by Crippen LogP contribution is 2.22. The summed E-state index contributed by atoms with van der Waals surface area (Å²) in [4.78, 5) is 0. The van der Waals surface area contributed by atoms with Crippen LogP contribution in [0.15, 0.2) is 30.3 Å². The largest absolute Gasteiger partial charge is 0.377 e. The fraction of sp³-hybridized carbons (Fsp3) is 0.571. The highest BCUT2D eigenvalue weighted by atomic mass is 32.2. The van der Waals surface area contributed by atoms with Gasteiger partial charge >= 0.3 is 0 Å². The zero-order valence-electron chi connectivity index (χ0n) is 10.4. The van der Waals surface area contributed by atoms with Crippen LogP contribution in [0.25, 0.3) is 0 Å². The first-order valence-electron chi connectivity index (χ1n) is 6.31. The van der Waals surface area contributed by atoms with E-state index in [1.165, 1.54) is 18.4 Å². The van der Waals surface area contributed by atoms with Crippen LogP contribution in [0.5, 0.6) is 0 Å². The standard InChI is InChI=1S/C14H21NOS/c1-15-14(12-6-3-2-4-7-12)11-17-10-13-8-5-9-16-13/h2-4,6-7,13-15H,5,8-11H2,1H3. The van der Waals surface area contributed by atoms with Crippen molar-refractivity contribution in [1.82, 2.24) is 5.32 Å². The molecule has 1 aromatic carbocycles. The first-order valence-corrected chi connectivity index (χ1v) is 7.47. The Morgan fingerprint density at radius 1 is 1.41 bits per heavy atom. The molecule has 0 bridgehead atoms. The Balaban J connectivity index is 1.75. The molecule has 1 fully saturated rings. The molecule has 17 heavy (non-hydrogen) atoms. The van der Waals surface area contributed by atoms with Gasteiger partial charge in [0.2, 0.25) is 0 Å². The summed E-state index contributed by atoms with van der Waals surface area (Å²) in [5.74, 6) is 2.24. The molecule has 2 nitrogen and oxygen atoms in total. The first kappa shape index (κ1) is 12.9. The molecule has 1 saturated heterocycles. The first-order chi connectivity index (χ1) is 8.40. The summed E-state index contributed by atoms with van der Waals surface area (Å²) in [7, 11) is 2.03. The van der Waals surface area contributed by atoms with E-state index in [2.05, 4.69) is 35.6 Å². The number of thioether (sulfide) groups is 1. The number of rotatable bonds is 6. The van der Waals surface area contributed by atoms with Crippen molar-refractivity contribution in [3.05, 3.63) is 35.9 Å². The molecule has 1 aromatic rings.